The Morgan fingerprint density at radius 2 is 2.06 bits per heavy atom. The molecule has 0 fully saturated rings. The fourth-order valence-corrected chi connectivity index (χ4v) is 2.30. The van der Waals surface area contributed by atoms with Crippen LogP contribution in [0.25, 0.3) is 11.4 Å². The lowest BCUT2D eigenvalue weighted by molar-refractivity contribution is -0.136. The maximum Gasteiger partial charge on any atom is 0.417 e. The first-order valence-electron chi connectivity index (χ1n) is 4.58. The van der Waals surface area contributed by atoms with Crippen LogP contribution >= 0.6 is 23.6 Å². The van der Waals surface area contributed by atoms with Gasteiger partial charge in [-0.2, -0.15) is 29.5 Å². The molecule has 0 aliphatic heterocycles. The Kier molecular flexibility index (Phi) is 3.35. The summed E-state index contributed by atoms with van der Waals surface area (Å²) < 4.78 is 43.0. The van der Waals surface area contributed by atoms with Gasteiger partial charge in [0, 0.05) is 16.3 Å². The van der Waals surface area contributed by atoms with Gasteiger partial charge in [0.2, 0.25) is 4.77 Å². The van der Waals surface area contributed by atoms with Gasteiger partial charge in [-0.25, -0.2) is 4.98 Å². The van der Waals surface area contributed by atoms with E-state index in [4.69, 9.17) is 17.0 Å². The van der Waals surface area contributed by atoms with Crippen molar-refractivity contribution < 1.29 is 17.9 Å². The molecule has 0 radical (unpaired) electrons. The number of aromatic nitrogens is 3. The van der Waals surface area contributed by atoms with Crippen molar-refractivity contribution >= 4 is 23.6 Å². The van der Waals surface area contributed by atoms with E-state index in [1.54, 1.807) is 0 Å². The average Bonchev–Trinajstić information content (AvgIpc) is 2.76. The van der Waals surface area contributed by atoms with Crippen LogP contribution in [0.2, 0.25) is 0 Å². The summed E-state index contributed by atoms with van der Waals surface area (Å²) in [5.74, 6) is -0.0135. The van der Waals surface area contributed by atoms with Crippen LogP contribution in [0.1, 0.15) is 5.56 Å². The molecule has 1 N–H and O–H groups in total. The molecule has 0 aromatic carbocycles. The zero-order chi connectivity index (χ0) is 13.3. The van der Waals surface area contributed by atoms with Gasteiger partial charge in [0.05, 0.1) is 12.7 Å². The van der Waals surface area contributed by atoms with Crippen molar-refractivity contribution in [2.75, 3.05) is 7.11 Å². The Bertz CT molecular complexity index is 620. The molecule has 0 saturated carbocycles. The van der Waals surface area contributed by atoms with E-state index in [9.17, 15) is 13.2 Å². The Morgan fingerprint density at radius 1 is 1.33 bits per heavy atom. The topological polar surface area (TPSA) is 50.8 Å². The Morgan fingerprint density at radius 3 is 2.67 bits per heavy atom. The van der Waals surface area contributed by atoms with Crippen LogP contribution in [0.3, 0.4) is 0 Å². The maximum atomic E-state index is 12.7. The Labute approximate surface area is 108 Å². The minimum atomic E-state index is -4.44. The van der Waals surface area contributed by atoms with Gasteiger partial charge in [-0.05, 0) is 12.2 Å². The van der Waals surface area contributed by atoms with Crippen LogP contribution in [0, 0.1) is 4.77 Å². The molecule has 0 bridgehead atoms. The lowest BCUT2D eigenvalue weighted by Gasteiger charge is -2.08. The summed E-state index contributed by atoms with van der Waals surface area (Å²) in [6.07, 6.45) is -4.44. The molecule has 4 nitrogen and oxygen atoms in total. The van der Waals surface area contributed by atoms with Crippen molar-refractivity contribution in [2.24, 2.45) is 0 Å². The van der Waals surface area contributed by atoms with Crippen molar-refractivity contribution in [1.29, 1.82) is 0 Å². The third-order valence-electron chi connectivity index (χ3n) is 2.05. The average molecular weight is 293 g/mol. The van der Waals surface area contributed by atoms with E-state index in [0.29, 0.717) is 0 Å². The van der Waals surface area contributed by atoms with E-state index < -0.39 is 11.7 Å². The third kappa shape index (κ3) is 2.51. The van der Waals surface area contributed by atoms with Gasteiger partial charge in [-0.15, -0.1) is 0 Å². The number of halogens is 3. The summed E-state index contributed by atoms with van der Waals surface area (Å²) in [4.78, 5) is 10.0. The summed E-state index contributed by atoms with van der Waals surface area (Å²) in [6.45, 7) is 0. The fourth-order valence-electron chi connectivity index (χ4n) is 1.29. The van der Waals surface area contributed by atoms with Gasteiger partial charge in [-0.3, -0.25) is 4.98 Å². The molecule has 0 spiro atoms. The van der Waals surface area contributed by atoms with E-state index in [-0.39, 0.29) is 22.2 Å². The number of nitrogens with zero attached hydrogens (tertiary/aromatic N) is 2. The second kappa shape index (κ2) is 4.65. The Hall–Kier alpha value is -1.48. The van der Waals surface area contributed by atoms with E-state index >= 15 is 0 Å². The van der Waals surface area contributed by atoms with Crippen molar-refractivity contribution in [3.63, 3.8) is 0 Å². The highest BCUT2D eigenvalue weighted by atomic mass is 32.1. The van der Waals surface area contributed by atoms with Crippen LogP contribution in [-0.4, -0.2) is 22.1 Å². The van der Waals surface area contributed by atoms with Gasteiger partial charge >= 0.3 is 6.18 Å². The van der Waals surface area contributed by atoms with E-state index in [2.05, 4.69) is 15.0 Å². The zero-order valence-corrected chi connectivity index (χ0v) is 10.5. The van der Waals surface area contributed by atoms with Crippen LogP contribution in [0.15, 0.2) is 10.8 Å². The molecule has 0 aliphatic rings. The molecule has 0 atom stereocenters. The first-order valence-corrected chi connectivity index (χ1v) is 5.93. The quantitative estimate of drug-likeness (QED) is 0.863. The summed E-state index contributed by atoms with van der Waals surface area (Å²) in [7, 11) is 1.33. The smallest absolute Gasteiger partial charge is 0.417 e. The molecule has 9 heteroatoms. The molecular weight excluding hydrogens is 287 g/mol. The van der Waals surface area contributed by atoms with Crippen molar-refractivity contribution in [2.45, 2.75) is 6.18 Å². The van der Waals surface area contributed by atoms with Gasteiger partial charge in [-0.1, -0.05) is 0 Å². The molecule has 0 saturated heterocycles. The molecular formula is C9H6F3N3OS2. The molecule has 2 rings (SSSR count). The number of methoxy groups -OCH3 is 1. The van der Waals surface area contributed by atoms with Crippen LogP contribution in [0.4, 0.5) is 13.2 Å². The number of rotatable bonds is 2. The highest BCUT2D eigenvalue weighted by Gasteiger charge is 2.35. The molecule has 0 unspecified atom stereocenters. The number of thiophene rings is 1. The zero-order valence-electron chi connectivity index (χ0n) is 8.91. The monoisotopic (exact) mass is 293 g/mol. The van der Waals surface area contributed by atoms with Crippen molar-refractivity contribution in [3.05, 3.63) is 21.1 Å². The molecule has 18 heavy (non-hydrogen) atoms. The normalized spacial score (nSPS) is 11.6. The first-order chi connectivity index (χ1) is 8.41. The molecule has 2 heterocycles. The minimum absolute atomic E-state index is 0.0135. The van der Waals surface area contributed by atoms with Gasteiger partial charge < -0.3 is 4.74 Å². The molecule has 96 valence electrons. The number of aromatic amines is 1. The van der Waals surface area contributed by atoms with E-state index in [1.807, 2.05) is 0 Å². The largest absolute Gasteiger partial charge is 0.468 e. The fraction of sp³-hybridized carbons (Fsp3) is 0.222. The maximum absolute atomic E-state index is 12.7. The summed E-state index contributed by atoms with van der Waals surface area (Å²) >= 11 is 5.70. The van der Waals surface area contributed by atoms with Crippen LogP contribution in [0.5, 0.6) is 6.01 Å². The van der Waals surface area contributed by atoms with E-state index in [1.165, 1.54) is 12.5 Å². The lowest BCUT2D eigenvalue weighted by Crippen LogP contribution is -2.06. The number of nitrogens with one attached hydrogen (secondary N) is 1. The summed E-state index contributed by atoms with van der Waals surface area (Å²) in [5, 5.41) is 2.36. The van der Waals surface area contributed by atoms with Gasteiger partial charge in [0.1, 0.15) is 5.82 Å². The molecule has 0 amide bonds. The predicted octanol–water partition coefficient (Wildman–Crippen LogP) is 3.29. The second-order valence-corrected chi connectivity index (χ2v) is 4.29. The van der Waals surface area contributed by atoms with Crippen LogP contribution in [-0.2, 0) is 6.18 Å². The molecule has 0 aliphatic carbocycles. The van der Waals surface area contributed by atoms with Crippen molar-refractivity contribution in [3.8, 4) is 17.4 Å². The third-order valence-corrected chi connectivity index (χ3v) is 2.97. The first kappa shape index (κ1) is 13.0. The number of ether oxygens (including phenoxy) is 1. The predicted molar refractivity (Wildman–Crippen MR) is 62.1 cm³/mol. The summed E-state index contributed by atoms with van der Waals surface area (Å²) in [5.41, 5.74) is -0.835. The van der Waals surface area contributed by atoms with E-state index in [0.717, 1.165) is 16.7 Å². The highest BCUT2D eigenvalue weighted by Crippen LogP contribution is 2.38. The van der Waals surface area contributed by atoms with Crippen molar-refractivity contribution in [1.82, 2.24) is 15.0 Å². The van der Waals surface area contributed by atoms with Gasteiger partial charge in [0.25, 0.3) is 6.01 Å². The highest BCUT2D eigenvalue weighted by molar-refractivity contribution is 7.71. The number of H-pyrrole nitrogens is 1. The SMILES string of the molecule is COc1nc(=S)nc(-c2cscc2C(F)(F)F)[nH]1. The van der Waals surface area contributed by atoms with Crippen LogP contribution < -0.4 is 4.74 Å². The number of hydrogen-bond donors (Lipinski definition) is 1. The molecule has 2 aromatic rings. The Balaban J connectivity index is 2.59. The second-order valence-electron chi connectivity index (χ2n) is 3.19. The molecule has 2 aromatic heterocycles. The number of alkyl halides is 3. The lowest BCUT2D eigenvalue weighted by atomic mass is 10.2. The standard InChI is InChI=1S/C9H6F3N3OS2/c1-16-7-13-6(14-8(17)15-7)4-2-18-3-5(4)9(10,11)12/h2-3H,1H3,(H,13,14,15,17). The number of hydrogen-bond acceptors (Lipinski definition) is 5. The van der Waals surface area contributed by atoms with Gasteiger partial charge in [0.15, 0.2) is 0 Å². The minimum Gasteiger partial charge on any atom is -0.468 e. The summed E-state index contributed by atoms with van der Waals surface area (Å²) in [6, 6.07) is 0.0179.